The molecule has 0 aliphatic carbocycles. The molecule has 2 rings (SSSR count). The molecule has 0 amide bonds. The van der Waals surface area contributed by atoms with Gasteiger partial charge in [0.1, 0.15) is 0 Å². The molecule has 3 heteroatoms. The van der Waals surface area contributed by atoms with Gasteiger partial charge in [-0.1, -0.05) is 13.8 Å². The summed E-state index contributed by atoms with van der Waals surface area (Å²) in [5.41, 5.74) is 0. The number of likely N-dealkylation sites (tertiary alicyclic amines) is 1. The highest BCUT2D eigenvalue weighted by Crippen LogP contribution is 2.24. The Morgan fingerprint density at radius 2 is 2.17 bits per heavy atom. The molecule has 2 heterocycles. The van der Waals surface area contributed by atoms with Crippen molar-refractivity contribution in [3.05, 3.63) is 0 Å². The van der Waals surface area contributed by atoms with Crippen LogP contribution in [0.1, 0.15) is 40.0 Å². The van der Waals surface area contributed by atoms with Crippen LogP contribution in [0.2, 0.25) is 0 Å². The Balaban J connectivity index is 1.87. The number of nitrogens with one attached hydrogen (secondary N) is 1. The number of ether oxygens (including phenoxy) is 1. The molecule has 0 saturated carbocycles. The molecule has 0 aromatic carbocycles. The Kier molecular flexibility index (Phi) is 5.46. The molecule has 1 N–H and O–H groups in total. The number of rotatable bonds is 5. The van der Waals surface area contributed by atoms with Gasteiger partial charge in [0.15, 0.2) is 0 Å². The lowest BCUT2D eigenvalue weighted by Crippen LogP contribution is -2.50. The van der Waals surface area contributed by atoms with Gasteiger partial charge < -0.3 is 10.1 Å². The first-order valence-electron chi connectivity index (χ1n) is 7.75. The Labute approximate surface area is 112 Å². The number of hydrogen-bond acceptors (Lipinski definition) is 3. The van der Waals surface area contributed by atoms with Crippen LogP contribution < -0.4 is 5.32 Å². The fourth-order valence-electron chi connectivity index (χ4n) is 3.49. The van der Waals surface area contributed by atoms with Crippen molar-refractivity contribution in [2.24, 2.45) is 11.8 Å². The van der Waals surface area contributed by atoms with Crippen LogP contribution in [0.25, 0.3) is 0 Å². The zero-order chi connectivity index (χ0) is 13.0. The molecule has 2 saturated heterocycles. The molecule has 106 valence electrons. The summed E-state index contributed by atoms with van der Waals surface area (Å²) in [4.78, 5) is 2.69. The summed E-state index contributed by atoms with van der Waals surface area (Å²) in [6, 6.07) is 1.37. The van der Waals surface area contributed by atoms with Crippen molar-refractivity contribution in [2.75, 3.05) is 32.8 Å². The van der Waals surface area contributed by atoms with Crippen molar-refractivity contribution in [3.8, 4) is 0 Å². The zero-order valence-electron chi connectivity index (χ0n) is 12.3. The van der Waals surface area contributed by atoms with Gasteiger partial charge in [-0.2, -0.15) is 0 Å². The maximum absolute atomic E-state index is 5.56. The minimum atomic E-state index is 0.619. The monoisotopic (exact) mass is 254 g/mol. The van der Waals surface area contributed by atoms with Gasteiger partial charge in [-0.25, -0.2) is 0 Å². The molecule has 0 bridgehead atoms. The molecule has 0 spiro atoms. The van der Waals surface area contributed by atoms with E-state index >= 15 is 0 Å². The van der Waals surface area contributed by atoms with E-state index in [-0.39, 0.29) is 0 Å². The average Bonchev–Trinajstić information content (AvgIpc) is 2.85. The highest BCUT2D eigenvalue weighted by Gasteiger charge is 2.30. The van der Waals surface area contributed by atoms with Gasteiger partial charge >= 0.3 is 0 Å². The van der Waals surface area contributed by atoms with Crippen LogP contribution in [0.4, 0.5) is 0 Å². The fourth-order valence-corrected chi connectivity index (χ4v) is 3.49. The second-order valence-corrected chi connectivity index (χ2v) is 6.26. The molecule has 4 atom stereocenters. The Morgan fingerprint density at radius 3 is 2.78 bits per heavy atom. The molecule has 0 radical (unpaired) electrons. The first-order chi connectivity index (χ1) is 8.70. The standard InChI is InChI=1S/C15H30N2O/c1-4-16-15(14-6-8-18-11-14)10-17-7-5-12(2)9-13(17)3/h12-16H,4-11H2,1-3H3. The summed E-state index contributed by atoms with van der Waals surface area (Å²) >= 11 is 0. The van der Waals surface area contributed by atoms with E-state index in [2.05, 4.69) is 31.0 Å². The third-order valence-electron chi connectivity index (χ3n) is 4.71. The lowest BCUT2D eigenvalue weighted by atomic mass is 9.91. The molecule has 18 heavy (non-hydrogen) atoms. The maximum atomic E-state index is 5.56. The van der Waals surface area contributed by atoms with Crippen molar-refractivity contribution < 1.29 is 4.74 Å². The summed E-state index contributed by atoms with van der Waals surface area (Å²) in [7, 11) is 0. The topological polar surface area (TPSA) is 24.5 Å². The normalized spacial score (nSPS) is 35.8. The molecule has 0 aromatic rings. The van der Waals surface area contributed by atoms with E-state index < -0.39 is 0 Å². The molecule has 3 nitrogen and oxygen atoms in total. The smallest absolute Gasteiger partial charge is 0.0510 e. The second kappa shape index (κ2) is 6.88. The quantitative estimate of drug-likeness (QED) is 0.813. The highest BCUT2D eigenvalue weighted by atomic mass is 16.5. The second-order valence-electron chi connectivity index (χ2n) is 6.26. The Morgan fingerprint density at radius 1 is 1.33 bits per heavy atom. The van der Waals surface area contributed by atoms with Gasteiger partial charge in [-0.15, -0.1) is 0 Å². The number of nitrogens with zero attached hydrogens (tertiary/aromatic N) is 1. The summed E-state index contributed by atoms with van der Waals surface area (Å²) < 4.78 is 5.56. The summed E-state index contributed by atoms with van der Waals surface area (Å²) in [6.45, 7) is 12.5. The Hall–Kier alpha value is -0.120. The van der Waals surface area contributed by atoms with Crippen LogP contribution in [-0.4, -0.2) is 49.8 Å². The average molecular weight is 254 g/mol. The van der Waals surface area contributed by atoms with Gasteiger partial charge in [0.2, 0.25) is 0 Å². The van der Waals surface area contributed by atoms with Crippen LogP contribution >= 0.6 is 0 Å². The summed E-state index contributed by atoms with van der Waals surface area (Å²) in [5.74, 6) is 1.63. The number of hydrogen-bond donors (Lipinski definition) is 1. The molecule has 2 fully saturated rings. The first-order valence-corrected chi connectivity index (χ1v) is 7.75. The van der Waals surface area contributed by atoms with E-state index in [1.54, 1.807) is 0 Å². The van der Waals surface area contributed by atoms with E-state index in [1.165, 1.54) is 32.4 Å². The van der Waals surface area contributed by atoms with Gasteiger partial charge in [-0.05, 0) is 45.2 Å². The maximum Gasteiger partial charge on any atom is 0.0510 e. The van der Waals surface area contributed by atoms with Crippen molar-refractivity contribution in [2.45, 2.75) is 52.1 Å². The van der Waals surface area contributed by atoms with Gasteiger partial charge in [-0.3, -0.25) is 4.90 Å². The van der Waals surface area contributed by atoms with Crippen LogP contribution in [0.5, 0.6) is 0 Å². The lowest BCUT2D eigenvalue weighted by molar-refractivity contribution is 0.100. The largest absolute Gasteiger partial charge is 0.381 e. The molecular weight excluding hydrogens is 224 g/mol. The van der Waals surface area contributed by atoms with Crippen LogP contribution in [-0.2, 0) is 4.74 Å². The van der Waals surface area contributed by atoms with Crippen molar-refractivity contribution >= 4 is 0 Å². The van der Waals surface area contributed by atoms with Gasteiger partial charge in [0.25, 0.3) is 0 Å². The van der Waals surface area contributed by atoms with E-state index in [0.717, 1.165) is 37.6 Å². The van der Waals surface area contributed by atoms with Crippen molar-refractivity contribution in [3.63, 3.8) is 0 Å². The van der Waals surface area contributed by atoms with Crippen LogP contribution in [0.15, 0.2) is 0 Å². The van der Waals surface area contributed by atoms with Crippen molar-refractivity contribution in [1.82, 2.24) is 10.2 Å². The molecule has 2 aliphatic heterocycles. The van der Waals surface area contributed by atoms with E-state index in [1.807, 2.05) is 0 Å². The minimum absolute atomic E-state index is 0.619. The first kappa shape index (κ1) is 14.3. The fraction of sp³-hybridized carbons (Fsp3) is 1.00. The SMILES string of the molecule is CCNC(CN1CCC(C)CC1C)C1CCOC1. The third kappa shape index (κ3) is 3.69. The van der Waals surface area contributed by atoms with E-state index in [0.29, 0.717) is 6.04 Å². The van der Waals surface area contributed by atoms with E-state index in [9.17, 15) is 0 Å². The number of piperidine rings is 1. The van der Waals surface area contributed by atoms with E-state index in [4.69, 9.17) is 4.74 Å². The predicted molar refractivity (Wildman–Crippen MR) is 75.8 cm³/mol. The lowest BCUT2D eigenvalue weighted by Gasteiger charge is -2.39. The number of likely N-dealkylation sites (N-methyl/N-ethyl adjacent to an activating group) is 1. The summed E-state index contributed by atoms with van der Waals surface area (Å²) in [5, 5.41) is 3.68. The van der Waals surface area contributed by atoms with Gasteiger partial charge in [0, 0.05) is 31.2 Å². The zero-order valence-corrected chi connectivity index (χ0v) is 12.3. The van der Waals surface area contributed by atoms with Crippen molar-refractivity contribution in [1.29, 1.82) is 0 Å². The minimum Gasteiger partial charge on any atom is -0.381 e. The molecular formula is C15H30N2O. The third-order valence-corrected chi connectivity index (χ3v) is 4.71. The molecule has 4 unspecified atom stereocenters. The predicted octanol–water partition coefficient (Wildman–Crippen LogP) is 2.12. The van der Waals surface area contributed by atoms with Crippen LogP contribution in [0, 0.1) is 11.8 Å². The molecule has 2 aliphatic rings. The molecule has 0 aromatic heterocycles. The Bertz CT molecular complexity index is 241. The van der Waals surface area contributed by atoms with Gasteiger partial charge in [0.05, 0.1) is 6.61 Å². The summed E-state index contributed by atoms with van der Waals surface area (Å²) in [6.07, 6.45) is 3.96. The van der Waals surface area contributed by atoms with Crippen LogP contribution in [0.3, 0.4) is 0 Å². The highest BCUT2D eigenvalue weighted by molar-refractivity contribution is 4.86.